The van der Waals surface area contributed by atoms with Crippen LogP contribution >= 0.6 is 0 Å². The number of amides is 2. The number of rotatable bonds is 4. The molecule has 0 unspecified atom stereocenters. The molecule has 1 aliphatic rings. The molecule has 0 radical (unpaired) electrons. The van der Waals surface area contributed by atoms with Gasteiger partial charge in [0.1, 0.15) is 0 Å². The third-order valence-electron chi connectivity index (χ3n) is 1.94. The summed E-state index contributed by atoms with van der Waals surface area (Å²) in [4.78, 5) is 34.3. The van der Waals surface area contributed by atoms with E-state index in [4.69, 9.17) is 0 Å². The Bertz CT molecular complexity index is 323. The molecule has 0 aromatic heterocycles. The monoisotopic (exact) mass is 193 g/mol. The lowest BCUT2D eigenvalue weighted by atomic mass is 10.1. The summed E-state index contributed by atoms with van der Waals surface area (Å²) in [5.74, 6) is -0.841. The normalized spacial score (nSPS) is 15.1. The zero-order chi connectivity index (χ0) is 10.7. The summed E-state index contributed by atoms with van der Waals surface area (Å²) in [6.45, 7) is 5.23. The van der Waals surface area contributed by atoms with Crippen LogP contribution in [0.5, 0.6) is 0 Å². The molecule has 0 atom stereocenters. The van der Waals surface area contributed by atoms with Crippen LogP contribution in [0.1, 0.15) is 13.3 Å². The van der Waals surface area contributed by atoms with Crippen LogP contribution in [0.2, 0.25) is 0 Å². The van der Waals surface area contributed by atoms with Gasteiger partial charge in [-0.05, 0) is 12.5 Å². The lowest BCUT2D eigenvalue weighted by Gasteiger charge is -2.12. The molecule has 14 heavy (non-hydrogen) atoms. The van der Waals surface area contributed by atoms with Crippen molar-refractivity contribution in [3.8, 4) is 0 Å². The molecule has 2 amide bonds. The van der Waals surface area contributed by atoms with Crippen LogP contribution in [-0.2, 0) is 14.4 Å². The standard InChI is InChI=1S/C10H11NO3/c1-7(2)8(12)5-6-11-9(13)3-4-10(11)14/h3-4H,1,5-6H2,2H3. The summed E-state index contributed by atoms with van der Waals surface area (Å²) in [5.41, 5.74) is 0.442. The number of nitrogens with zero attached hydrogens (tertiary/aromatic N) is 1. The molecule has 0 aromatic rings. The summed E-state index contributed by atoms with van der Waals surface area (Å²) in [6.07, 6.45) is 2.55. The van der Waals surface area contributed by atoms with Crippen LogP contribution in [0.3, 0.4) is 0 Å². The van der Waals surface area contributed by atoms with Crippen molar-refractivity contribution >= 4 is 17.6 Å². The SMILES string of the molecule is C=C(C)C(=O)CCN1C(=O)C=CC1=O. The van der Waals surface area contributed by atoms with E-state index in [0.29, 0.717) is 5.57 Å². The van der Waals surface area contributed by atoms with Gasteiger partial charge in [0, 0.05) is 25.1 Å². The molecule has 0 saturated heterocycles. The Morgan fingerprint density at radius 3 is 2.29 bits per heavy atom. The Morgan fingerprint density at radius 1 is 1.36 bits per heavy atom. The maximum absolute atomic E-state index is 11.1. The lowest BCUT2D eigenvalue weighted by Crippen LogP contribution is -2.32. The summed E-state index contributed by atoms with van der Waals surface area (Å²) in [6, 6.07) is 0. The second-order valence-electron chi connectivity index (χ2n) is 3.11. The van der Waals surface area contributed by atoms with Gasteiger partial charge >= 0.3 is 0 Å². The highest BCUT2D eigenvalue weighted by Crippen LogP contribution is 2.05. The van der Waals surface area contributed by atoms with Crippen LogP contribution in [0.25, 0.3) is 0 Å². The molecule has 1 rings (SSSR count). The highest BCUT2D eigenvalue weighted by molar-refractivity contribution is 6.13. The molecule has 0 fully saturated rings. The zero-order valence-corrected chi connectivity index (χ0v) is 7.95. The van der Waals surface area contributed by atoms with Gasteiger partial charge in [0.05, 0.1) is 0 Å². The predicted octanol–water partition coefficient (Wildman–Crippen LogP) is 0.447. The first-order valence-electron chi connectivity index (χ1n) is 4.24. The van der Waals surface area contributed by atoms with E-state index < -0.39 is 0 Å². The van der Waals surface area contributed by atoms with Crippen molar-refractivity contribution in [2.45, 2.75) is 13.3 Å². The number of hydrogen-bond acceptors (Lipinski definition) is 3. The van der Waals surface area contributed by atoms with Gasteiger partial charge in [0.2, 0.25) is 0 Å². The number of allylic oxidation sites excluding steroid dienone is 1. The molecule has 1 heterocycles. The average Bonchev–Trinajstić information content (AvgIpc) is 2.43. The molecule has 4 heteroatoms. The molecule has 0 aromatic carbocycles. The smallest absolute Gasteiger partial charge is 0.253 e. The van der Waals surface area contributed by atoms with Gasteiger partial charge in [0.15, 0.2) is 5.78 Å². The summed E-state index contributed by atoms with van der Waals surface area (Å²) in [7, 11) is 0. The van der Waals surface area contributed by atoms with Crippen molar-refractivity contribution in [1.29, 1.82) is 0 Å². The van der Waals surface area contributed by atoms with Crippen molar-refractivity contribution in [2.75, 3.05) is 6.54 Å². The highest BCUT2D eigenvalue weighted by Gasteiger charge is 2.23. The van der Waals surface area contributed by atoms with Gasteiger partial charge in [0.25, 0.3) is 11.8 Å². The Labute approximate surface area is 81.9 Å². The van der Waals surface area contributed by atoms with E-state index in [-0.39, 0.29) is 30.6 Å². The minimum Gasteiger partial charge on any atom is -0.295 e. The first-order valence-corrected chi connectivity index (χ1v) is 4.24. The Kier molecular flexibility index (Phi) is 2.96. The molecular weight excluding hydrogens is 182 g/mol. The largest absolute Gasteiger partial charge is 0.295 e. The van der Waals surface area contributed by atoms with Crippen molar-refractivity contribution in [1.82, 2.24) is 4.90 Å². The highest BCUT2D eigenvalue weighted by atomic mass is 16.2. The van der Waals surface area contributed by atoms with Crippen LogP contribution in [-0.4, -0.2) is 29.0 Å². The fraction of sp³-hybridized carbons (Fsp3) is 0.300. The molecule has 74 valence electrons. The maximum Gasteiger partial charge on any atom is 0.253 e. The Morgan fingerprint density at radius 2 is 1.86 bits per heavy atom. The third kappa shape index (κ3) is 2.16. The van der Waals surface area contributed by atoms with Crippen molar-refractivity contribution in [3.63, 3.8) is 0 Å². The first-order chi connectivity index (χ1) is 6.52. The fourth-order valence-corrected chi connectivity index (χ4v) is 1.08. The molecule has 0 saturated carbocycles. The van der Waals surface area contributed by atoms with E-state index in [0.717, 1.165) is 4.90 Å². The fourth-order valence-electron chi connectivity index (χ4n) is 1.08. The van der Waals surface area contributed by atoms with Crippen LogP contribution in [0.4, 0.5) is 0 Å². The molecule has 0 bridgehead atoms. The van der Waals surface area contributed by atoms with Crippen LogP contribution < -0.4 is 0 Å². The number of hydrogen-bond donors (Lipinski definition) is 0. The van der Waals surface area contributed by atoms with Gasteiger partial charge in [-0.2, -0.15) is 0 Å². The third-order valence-corrected chi connectivity index (χ3v) is 1.94. The lowest BCUT2D eigenvalue weighted by molar-refractivity contribution is -0.136. The minimum absolute atomic E-state index is 0.127. The Balaban J connectivity index is 2.47. The van der Waals surface area contributed by atoms with E-state index in [9.17, 15) is 14.4 Å². The van der Waals surface area contributed by atoms with E-state index in [1.165, 1.54) is 12.2 Å². The van der Waals surface area contributed by atoms with Gasteiger partial charge in [-0.3, -0.25) is 19.3 Å². The number of Topliss-reactive ketones (excluding diaryl/α,β-unsaturated/α-hetero) is 1. The average molecular weight is 193 g/mol. The second kappa shape index (κ2) is 4.00. The Hall–Kier alpha value is -1.71. The molecular formula is C10H11NO3. The summed E-state index contributed by atoms with van der Waals surface area (Å²) >= 11 is 0. The van der Waals surface area contributed by atoms with Gasteiger partial charge in [-0.25, -0.2) is 0 Å². The molecule has 4 nitrogen and oxygen atoms in total. The predicted molar refractivity (Wildman–Crippen MR) is 50.3 cm³/mol. The number of carbonyl (C=O) groups is 3. The van der Waals surface area contributed by atoms with Gasteiger partial charge in [-0.1, -0.05) is 6.58 Å². The summed E-state index contributed by atoms with van der Waals surface area (Å²) < 4.78 is 0. The van der Waals surface area contributed by atoms with Crippen molar-refractivity contribution < 1.29 is 14.4 Å². The number of imide groups is 1. The van der Waals surface area contributed by atoms with E-state index in [1.54, 1.807) is 6.92 Å². The number of ketones is 1. The minimum atomic E-state index is -0.357. The van der Waals surface area contributed by atoms with E-state index in [1.807, 2.05) is 0 Å². The van der Waals surface area contributed by atoms with Gasteiger partial charge in [-0.15, -0.1) is 0 Å². The van der Waals surface area contributed by atoms with Crippen LogP contribution in [0.15, 0.2) is 24.3 Å². The number of carbonyl (C=O) groups excluding carboxylic acids is 3. The first kappa shape index (κ1) is 10.4. The van der Waals surface area contributed by atoms with E-state index >= 15 is 0 Å². The van der Waals surface area contributed by atoms with Crippen LogP contribution in [0, 0.1) is 0 Å². The van der Waals surface area contributed by atoms with Crippen molar-refractivity contribution in [2.24, 2.45) is 0 Å². The zero-order valence-electron chi connectivity index (χ0n) is 7.95. The quantitative estimate of drug-likeness (QED) is 0.481. The molecule has 0 aliphatic carbocycles. The van der Waals surface area contributed by atoms with E-state index in [2.05, 4.69) is 6.58 Å². The second-order valence-corrected chi connectivity index (χ2v) is 3.11. The molecule has 0 spiro atoms. The van der Waals surface area contributed by atoms with Gasteiger partial charge < -0.3 is 0 Å². The molecule has 0 N–H and O–H groups in total. The summed E-state index contributed by atoms with van der Waals surface area (Å²) in [5, 5.41) is 0. The maximum atomic E-state index is 11.1. The van der Waals surface area contributed by atoms with Crippen molar-refractivity contribution in [3.05, 3.63) is 24.3 Å². The molecule has 1 aliphatic heterocycles. The topological polar surface area (TPSA) is 54.5 Å².